The molecule has 4 rings (SSSR count). The van der Waals surface area contributed by atoms with E-state index in [0.717, 1.165) is 22.8 Å². The largest absolute Gasteiger partial charge is 0.449 e. The summed E-state index contributed by atoms with van der Waals surface area (Å²) in [6.45, 7) is 1.82. The van der Waals surface area contributed by atoms with Crippen molar-refractivity contribution >= 4 is 43.9 Å². The quantitative estimate of drug-likeness (QED) is 0.708. The standard InChI is InChI=1S/C16H15BrN4O3/c17-9-1-2-11-10(5-9)13-14(24-11)16(23)20-12(19-13)7-21-4-3-8(6-21)15(18)22/h1-2,5,8H,3-4,6-7H2,(H2,18,22)(H,19,20,23). The van der Waals surface area contributed by atoms with E-state index in [-0.39, 0.29) is 23.0 Å². The highest BCUT2D eigenvalue weighted by atomic mass is 79.9. The fraction of sp³-hybridized carbons (Fsp3) is 0.312. The van der Waals surface area contributed by atoms with Gasteiger partial charge in [0.2, 0.25) is 11.5 Å². The van der Waals surface area contributed by atoms with Crippen molar-refractivity contribution in [2.24, 2.45) is 11.7 Å². The number of primary amides is 1. The summed E-state index contributed by atoms with van der Waals surface area (Å²) < 4.78 is 6.50. The third-order valence-electron chi connectivity index (χ3n) is 4.38. The average molecular weight is 391 g/mol. The molecule has 1 unspecified atom stereocenters. The number of H-pyrrole nitrogens is 1. The number of benzene rings is 1. The maximum Gasteiger partial charge on any atom is 0.294 e. The molecule has 24 heavy (non-hydrogen) atoms. The van der Waals surface area contributed by atoms with Crippen LogP contribution >= 0.6 is 15.9 Å². The number of rotatable bonds is 3. The molecular weight excluding hydrogens is 376 g/mol. The van der Waals surface area contributed by atoms with Crippen molar-refractivity contribution in [1.82, 2.24) is 14.9 Å². The second-order valence-electron chi connectivity index (χ2n) is 6.06. The summed E-state index contributed by atoms with van der Waals surface area (Å²) in [7, 11) is 0. The van der Waals surface area contributed by atoms with Crippen molar-refractivity contribution < 1.29 is 9.21 Å². The van der Waals surface area contributed by atoms with E-state index in [2.05, 4.69) is 30.8 Å². The Morgan fingerprint density at radius 2 is 2.33 bits per heavy atom. The number of fused-ring (bicyclic) bond motifs is 3. The Kier molecular flexibility index (Phi) is 3.65. The van der Waals surface area contributed by atoms with Gasteiger partial charge in [-0.1, -0.05) is 15.9 Å². The van der Waals surface area contributed by atoms with Crippen LogP contribution < -0.4 is 11.3 Å². The van der Waals surface area contributed by atoms with Gasteiger partial charge in [-0.2, -0.15) is 0 Å². The van der Waals surface area contributed by atoms with Gasteiger partial charge in [-0.3, -0.25) is 14.5 Å². The molecular formula is C16H15BrN4O3. The minimum Gasteiger partial charge on any atom is -0.449 e. The van der Waals surface area contributed by atoms with Crippen LogP contribution in [0.5, 0.6) is 0 Å². The van der Waals surface area contributed by atoms with Crippen LogP contribution in [-0.2, 0) is 11.3 Å². The van der Waals surface area contributed by atoms with Crippen molar-refractivity contribution in [3.63, 3.8) is 0 Å². The fourth-order valence-corrected chi connectivity index (χ4v) is 3.53. The molecule has 1 aliphatic rings. The number of furan rings is 1. The number of carbonyl (C=O) groups is 1. The predicted octanol–water partition coefficient (Wildman–Crippen LogP) is 1.74. The van der Waals surface area contributed by atoms with Crippen LogP contribution in [0.2, 0.25) is 0 Å². The number of amides is 1. The number of aromatic nitrogens is 2. The van der Waals surface area contributed by atoms with Gasteiger partial charge in [-0.25, -0.2) is 4.98 Å². The van der Waals surface area contributed by atoms with Gasteiger partial charge in [0.1, 0.15) is 16.9 Å². The fourth-order valence-electron chi connectivity index (χ4n) is 3.17. The number of aromatic amines is 1. The number of halogens is 1. The van der Waals surface area contributed by atoms with Gasteiger partial charge in [-0.05, 0) is 31.2 Å². The molecule has 1 aromatic carbocycles. The molecule has 1 fully saturated rings. The molecule has 3 heterocycles. The maximum absolute atomic E-state index is 12.3. The van der Waals surface area contributed by atoms with E-state index >= 15 is 0 Å². The van der Waals surface area contributed by atoms with Gasteiger partial charge in [0.25, 0.3) is 5.56 Å². The van der Waals surface area contributed by atoms with Gasteiger partial charge >= 0.3 is 0 Å². The Bertz CT molecular complexity index is 1010. The van der Waals surface area contributed by atoms with Gasteiger partial charge in [-0.15, -0.1) is 0 Å². The number of nitrogens with zero attached hydrogens (tertiary/aromatic N) is 2. The number of hydrogen-bond donors (Lipinski definition) is 2. The first-order valence-corrected chi connectivity index (χ1v) is 8.43. The molecule has 1 saturated heterocycles. The normalized spacial score (nSPS) is 18.6. The number of nitrogens with one attached hydrogen (secondary N) is 1. The van der Waals surface area contributed by atoms with Crippen LogP contribution in [0.25, 0.3) is 22.1 Å². The summed E-state index contributed by atoms with van der Waals surface area (Å²) >= 11 is 3.42. The van der Waals surface area contributed by atoms with Crippen LogP contribution in [0.15, 0.2) is 31.9 Å². The molecule has 1 atom stereocenters. The lowest BCUT2D eigenvalue weighted by molar-refractivity contribution is -0.121. The van der Waals surface area contributed by atoms with E-state index in [0.29, 0.717) is 30.0 Å². The topological polar surface area (TPSA) is 105 Å². The first-order chi connectivity index (χ1) is 11.5. The first-order valence-electron chi connectivity index (χ1n) is 7.64. The van der Waals surface area contributed by atoms with Crippen molar-refractivity contribution in [3.8, 4) is 0 Å². The van der Waals surface area contributed by atoms with E-state index < -0.39 is 0 Å². The Labute approximate surface area is 145 Å². The molecule has 1 amide bonds. The molecule has 0 bridgehead atoms. The van der Waals surface area contributed by atoms with Crippen molar-refractivity contribution in [2.75, 3.05) is 13.1 Å². The molecule has 124 valence electrons. The second kappa shape index (κ2) is 5.71. The predicted molar refractivity (Wildman–Crippen MR) is 92.4 cm³/mol. The molecule has 2 aromatic heterocycles. The van der Waals surface area contributed by atoms with E-state index in [9.17, 15) is 9.59 Å². The number of nitrogens with two attached hydrogens (primary N) is 1. The first kappa shape index (κ1) is 15.3. The van der Waals surface area contributed by atoms with Crippen molar-refractivity contribution in [2.45, 2.75) is 13.0 Å². The molecule has 0 radical (unpaired) electrons. The third-order valence-corrected chi connectivity index (χ3v) is 4.88. The SMILES string of the molecule is NC(=O)C1CCN(Cc2nc3c(oc4ccc(Br)cc43)c(=O)[nH]2)C1. The zero-order valence-corrected chi connectivity index (χ0v) is 14.3. The van der Waals surface area contributed by atoms with Crippen LogP contribution in [0.4, 0.5) is 0 Å². The van der Waals surface area contributed by atoms with E-state index in [1.165, 1.54) is 0 Å². The number of likely N-dealkylation sites (tertiary alicyclic amines) is 1. The lowest BCUT2D eigenvalue weighted by atomic mass is 10.1. The molecule has 1 aliphatic heterocycles. The van der Waals surface area contributed by atoms with E-state index in [4.69, 9.17) is 10.2 Å². The Morgan fingerprint density at radius 1 is 1.50 bits per heavy atom. The lowest BCUT2D eigenvalue weighted by Crippen LogP contribution is -2.28. The summed E-state index contributed by atoms with van der Waals surface area (Å²) in [5.41, 5.74) is 6.46. The van der Waals surface area contributed by atoms with Crippen molar-refractivity contribution in [3.05, 3.63) is 38.9 Å². The zero-order valence-electron chi connectivity index (χ0n) is 12.7. The van der Waals surface area contributed by atoms with Gasteiger partial charge in [0, 0.05) is 16.4 Å². The summed E-state index contributed by atoms with van der Waals surface area (Å²) in [6.07, 6.45) is 0.739. The van der Waals surface area contributed by atoms with Crippen LogP contribution in [0.3, 0.4) is 0 Å². The lowest BCUT2D eigenvalue weighted by Gasteiger charge is -2.14. The highest BCUT2D eigenvalue weighted by Crippen LogP contribution is 2.28. The van der Waals surface area contributed by atoms with Gasteiger partial charge in [0.05, 0.1) is 12.5 Å². The molecule has 0 aliphatic carbocycles. The molecule has 0 saturated carbocycles. The highest BCUT2D eigenvalue weighted by Gasteiger charge is 2.27. The van der Waals surface area contributed by atoms with Gasteiger partial charge in [0.15, 0.2) is 0 Å². The maximum atomic E-state index is 12.3. The Morgan fingerprint density at radius 3 is 3.08 bits per heavy atom. The monoisotopic (exact) mass is 390 g/mol. The molecule has 3 aromatic rings. The van der Waals surface area contributed by atoms with E-state index in [1.807, 2.05) is 12.1 Å². The van der Waals surface area contributed by atoms with E-state index in [1.54, 1.807) is 6.07 Å². The van der Waals surface area contributed by atoms with Crippen LogP contribution in [0, 0.1) is 5.92 Å². The molecule has 0 spiro atoms. The highest BCUT2D eigenvalue weighted by molar-refractivity contribution is 9.10. The Hall–Kier alpha value is -2.19. The number of hydrogen-bond acceptors (Lipinski definition) is 5. The Balaban J connectivity index is 1.72. The van der Waals surface area contributed by atoms with Crippen molar-refractivity contribution in [1.29, 1.82) is 0 Å². The number of carbonyl (C=O) groups excluding carboxylic acids is 1. The molecule has 7 nitrogen and oxygen atoms in total. The summed E-state index contributed by atoms with van der Waals surface area (Å²) in [6, 6.07) is 5.54. The minimum absolute atomic E-state index is 0.133. The summed E-state index contributed by atoms with van der Waals surface area (Å²) in [5, 5.41) is 0.795. The second-order valence-corrected chi connectivity index (χ2v) is 6.97. The zero-order chi connectivity index (χ0) is 16.8. The minimum atomic E-state index is -0.298. The molecule has 3 N–H and O–H groups in total. The van der Waals surface area contributed by atoms with Crippen LogP contribution in [0.1, 0.15) is 12.2 Å². The summed E-state index contributed by atoms with van der Waals surface area (Å²) in [5.74, 6) is 0.145. The average Bonchev–Trinajstić information content (AvgIpc) is 3.13. The van der Waals surface area contributed by atoms with Gasteiger partial charge < -0.3 is 15.1 Å². The molecule has 8 heteroatoms. The van der Waals surface area contributed by atoms with Crippen LogP contribution in [-0.4, -0.2) is 33.9 Å². The third kappa shape index (κ3) is 2.61. The smallest absolute Gasteiger partial charge is 0.294 e. The summed E-state index contributed by atoms with van der Waals surface area (Å²) in [4.78, 5) is 33.0.